The number of benzene rings is 2. The molecule has 12 nitrogen and oxygen atoms in total. The number of alkyl halides is 1. The third-order valence-corrected chi connectivity index (χ3v) is 8.90. The van der Waals surface area contributed by atoms with Crippen molar-refractivity contribution in [2.24, 2.45) is 18.7 Å². The molecule has 2 amide bonds. The maximum Gasteiger partial charge on any atom is 0.274 e. The molecule has 2 aliphatic rings. The molecule has 0 unspecified atom stereocenters. The zero-order chi connectivity index (χ0) is 33.0. The van der Waals surface area contributed by atoms with Gasteiger partial charge >= 0.3 is 0 Å². The minimum Gasteiger partial charge on any atom is -0.504 e. The Kier molecular flexibility index (Phi) is 7.71. The second-order valence-electron chi connectivity index (χ2n) is 12.4. The highest BCUT2D eigenvalue weighted by Crippen LogP contribution is 2.38. The lowest BCUT2D eigenvalue weighted by Gasteiger charge is -2.33. The summed E-state index contributed by atoms with van der Waals surface area (Å²) in [6.45, 7) is 0.984. The van der Waals surface area contributed by atoms with Gasteiger partial charge in [-0.25, -0.2) is 14.4 Å². The number of phenolic OH excluding ortho intramolecular Hbond substituents is 1. The van der Waals surface area contributed by atoms with Gasteiger partial charge in [-0.2, -0.15) is 0 Å². The van der Waals surface area contributed by atoms with E-state index in [-0.39, 0.29) is 42.6 Å². The van der Waals surface area contributed by atoms with Crippen LogP contribution < -0.4 is 20.5 Å². The minimum atomic E-state index is -1.17. The number of imidazole rings is 1. The van der Waals surface area contributed by atoms with E-state index in [2.05, 4.69) is 9.88 Å². The number of rotatable bonds is 8. The van der Waals surface area contributed by atoms with Crippen molar-refractivity contribution >= 4 is 39.6 Å². The standard InChI is InChI=1S/C34H36FN7O5/c1-40-30-25(10-20(12-29(30)47-3)34(45)41-16-21(35)13-22(36)17-41)39-32(40)26-11-19-6-8-24(38-31(19)42(26)15-18-4-5-18)33(44)37-23-7-9-27(43)28(14-23)46-2/h6-12,14,18,21-22,43H,4-5,13,15-17,36H2,1-3H3,(H,37,44)/t21-,22-/m1/s1. The molecule has 0 bridgehead atoms. The van der Waals surface area contributed by atoms with E-state index < -0.39 is 18.1 Å². The Hall–Kier alpha value is -5.17. The predicted octanol–water partition coefficient (Wildman–Crippen LogP) is 4.49. The second-order valence-corrected chi connectivity index (χ2v) is 12.4. The summed E-state index contributed by atoms with van der Waals surface area (Å²) >= 11 is 0. The summed E-state index contributed by atoms with van der Waals surface area (Å²) in [6.07, 6.45) is 1.27. The van der Waals surface area contributed by atoms with E-state index in [9.17, 15) is 19.1 Å². The number of aromatic nitrogens is 4. The number of amides is 2. The van der Waals surface area contributed by atoms with Crippen LogP contribution in [0.15, 0.2) is 48.5 Å². The van der Waals surface area contributed by atoms with E-state index >= 15 is 0 Å². The summed E-state index contributed by atoms with van der Waals surface area (Å²) < 4.78 is 29.2. The van der Waals surface area contributed by atoms with Gasteiger partial charge in [0.15, 0.2) is 17.3 Å². The number of nitrogens with one attached hydrogen (secondary N) is 1. The second kappa shape index (κ2) is 11.9. The number of pyridine rings is 1. The Balaban J connectivity index is 1.27. The third-order valence-electron chi connectivity index (χ3n) is 8.90. The van der Waals surface area contributed by atoms with Gasteiger partial charge in [-0.05, 0) is 67.6 Å². The fourth-order valence-corrected chi connectivity index (χ4v) is 6.37. The van der Waals surface area contributed by atoms with Crippen molar-refractivity contribution in [3.05, 3.63) is 59.8 Å². The van der Waals surface area contributed by atoms with Crippen molar-refractivity contribution in [1.82, 2.24) is 24.0 Å². The average Bonchev–Trinajstić information content (AvgIpc) is 3.73. The first-order valence-electron chi connectivity index (χ1n) is 15.6. The Labute approximate surface area is 269 Å². The predicted molar refractivity (Wildman–Crippen MR) is 175 cm³/mol. The largest absolute Gasteiger partial charge is 0.504 e. The van der Waals surface area contributed by atoms with Crippen molar-refractivity contribution in [2.45, 2.75) is 38.0 Å². The zero-order valence-electron chi connectivity index (χ0n) is 26.4. The summed E-state index contributed by atoms with van der Waals surface area (Å²) in [4.78, 5) is 38.0. The molecule has 5 aromatic rings. The van der Waals surface area contributed by atoms with Crippen molar-refractivity contribution in [3.8, 4) is 28.8 Å². The lowest BCUT2D eigenvalue weighted by molar-refractivity contribution is 0.0606. The lowest BCUT2D eigenvalue weighted by atomic mass is 10.0. The number of aryl methyl sites for hydroxylation is 1. The molecule has 2 fully saturated rings. The fourth-order valence-electron chi connectivity index (χ4n) is 6.37. The van der Waals surface area contributed by atoms with Crippen LogP contribution in [0.1, 0.15) is 40.1 Å². The number of anilines is 1. The normalized spacial score (nSPS) is 18.1. The number of halogens is 1. The van der Waals surface area contributed by atoms with Gasteiger partial charge in [0.1, 0.15) is 28.8 Å². The van der Waals surface area contributed by atoms with Crippen LogP contribution >= 0.6 is 0 Å². The number of fused-ring (bicyclic) bond motifs is 2. The van der Waals surface area contributed by atoms with Crippen molar-refractivity contribution in [3.63, 3.8) is 0 Å². The first-order valence-corrected chi connectivity index (χ1v) is 15.6. The Morgan fingerprint density at radius 3 is 2.55 bits per heavy atom. The Bertz CT molecular complexity index is 2020. The number of phenols is 1. The first kappa shape index (κ1) is 30.5. The molecular formula is C34H36FN7O5. The number of piperidine rings is 1. The van der Waals surface area contributed by atoms with Crippen LogP contribution in [0, 0.1) is 5.92 Å². The molecule has 1 saturated carbocycles. The number of methoxy groups -OCH3 is 2. The van der Waals surface area contributed by atoms with Crippen LogP contribution in [0.25, 0.3) is 33.6 Å². The number of aromatic hydroxyl groups is 1. The minimum absolute atomic E-state index is 0.00221. The van der Waals surface area contributed by atoms with Crippen molar-refractivity contribution < 1.29 is 28.6 Å². The summed E-state index contributed by atoms with van der Waals surface area (Å²) in [6, 6.07) is 13.1. The zero-order valence-corrected chi connectivity index (χ0v) is 26.4. The van der Waals surface area contributed by atoms with Crippen LogP contribution in [0.3, 0.4) is 0 Å². The van der Waals surface area contributed by atoms with Crippen molar-refractivity contribution in [1.29, 1.82) is 0 Å². The SMILES string of the molecule is COc1cc(NC(=O)c2ccc3cc(-c4nc5cc(C(=O)N6C[C@H](N)C[C@@H](F)C6)cc(OC)c5n4C)n(CC4CC4)c3n2)ccc1O. The molecule has 0 radical (unpaired) electrons. The molecule has 1 saturated heterocycles. The van der Waals surface area contributed by atoms with Crippen LogP contribution in [0.5, 0.6) is 17.2 Å². The number of ether oxygens (including phenoxy) is 2. The van der Waals surface area contributed by atoms with E-state index in [4.69, 9.17) is 25.2 Å². The monoisotopic (exact) mass is 641 g/mol. The molecule has 4 N–H and O–H groups in total. The quantitative estimate of drug-likeness (QED) is 0.210. The number of hydrogen-bond donors (Lipinski definition) is 3. The number of nitrogens with zero attached hydrogens (tertiary/aromatic N) is 5. The average molecular weight is 642 g/mol. The topological polar surface area (TPSA) is 150 Å². The lowest BCUT2D eigenvalue weighted by Crippen LogP contribution is -2.50. The van der Waals surface area contributed by atoms with E-state index in [1.165, 1.54) is 24.1 Å². The number of nitrogens with two attached hydrogens (primary N) is 1. The Morgan fingerprint density at radius 2 is 1.83 bits per heavy atom. The van der Waals surface area contributed by atoms with Crippen LogP contribution in [-0.2, 0) is 13.6 Å². The van der Waals surface area contributed by atoms with Gasteiger partial charge in [0.2, 0.25) is 0 Å². The summed E-state index contributed by atoms with van der Waals surface area (Å²) in [7, 11) is 4.87. The van der Waals surface area contributed by atoms with Gasteiger partial charge in [-0.3, -0.25) is 9.59 Å². The summed E-state index contributed by atoms with van der Waals surface area (Å²) in [5.74, 6) is 1.09. The Morgan fingerprint density at radius 1 is 1.04 bits per heavy atom. The third kappa shape index (κ3) is 5.71. The molecule has 2 aromatic carbocycles. The number of carbonyl (C=O) groups is 2. The number of carbonyl (C=O) groups excluding carboxylic acids is 2. The molecule has 13 heteroatoms. The molecule has 4 heterocycles. The van der Waals surface area contributed by atoms with E-state index in [0.717, 1.165) is 23.9 Å². The van der Waals surface area contributed by atoms with Gasteiger partial charge in [0.05, 0.1) is 32.0 Å². The highest BCUT2D eigenvalue weighted by molar-refractivity contribution is 6.04. The number of likely N-dealkylation sites (tertiary alicyclic amines) is 1. The molecule has 7 rings (SSSR count). The van der Waals surface area contributed by atoms with E-state index in [1.807, 2.05) is 23.7 Å². The molecule has 47 heavy (non-hydrogen) atoms. The summed E-state index contributed by atoms with van der Waals surface area (Å²) in [5, 5.41) is 13.6. The van der Waals surface area contributed by atoms with Gasteiger partial charge in [0, 0.05) is 48.9 Å². The van der Waals surface area contributed by atoms with Crippen molar-refractivity contribution in [2.75, 3.05) is 32.6 Å². The maximum atomic E-state index is 14.3. The van der Waals surface area contributed by atoms with E-state index in [1.54, 1.807) is 31.4 Å². The molecule has 244 valence electrons. The summed E-state index contributed by atoms with van der Waals surface area (Å²) in [5.41, 5.74) is 9.78. The van der Waals surface area contributed by atoms with Gasteiger partial charge in [-0.1, -0.05) is 0 Å². The highest BCUT2D eigenvalue weighted by Gasteiger charge is 2.31. The molecule has 3 aromatic heterocycles. The molecular weight excluding hydrogens is 605 g/mol. The van der Waals surface area contributed by atoms with Gasteiger partial charge in [0.25, 0.3) is 11.8 Å². The van der Waals surface area contributed by atoms with Gasteiger partial charge < -0.3 is 39.7 Å². The fraction of sp³-hybridized carbons (Fsp3) is 0.353. The van der Waals surface area contributed by atoms with Gasteiger partial charge in [-0.15, -0.1) is 0 Å². The molecule has 1 aliphatic carbocycles. The smallest absolute Gasteiger partial charge is 0.274 e. The van der Waals surface area contributed by atoms with Crippen LogP contribution in [0.4, 0.5) is 10.1 Å². The molecule has 0 spiro atoms. The van der Waals surface area contributed by atoms with E-state index in [0.29, 0.717) is 52.0 Å². The van der Waals surface area contributed by atoms with Crippen LogP contribution in [0.2, 0.25) is 0 Å². The highest BCUT2D eigenvalue weighted by atomic mass is 19.1. The molecule has 1 aliphatic heterocycles. The molecule has 2 atom stereocenters. The first-order chi connectivity index (χ1) is 22.6. The van der Waals surface area contributed by atoms with Crippen LogP contribution in [-0.4, -0.2) is 80.4 Å². The maximum absolute atomic E-state index is 14.3. The number of hydrogen-bond acceptors (Lipinski definition) is 8.